The van der Waals surface area contributed by atoms with Gasteiger partial charge in [-0.25, -0.2) is 0 Å². The van der Waals surface area contributed by atoms with Gasteiger partial charge in [0.2, 0.25) is 0 Å². The van der Waals surface area contributed by atoms with E-state index in [1.807, 2.05) is 12.3 Å². The molecule has 0 saturated carbocycles. The zero-order valence-electron chi connectivity index (χ0n) is 45.4. The Morgan fingerprint density at radius 1 is 0.538 bits per heavy atom. The number of rotatable bonds is 47. The number of unbranched alkanes of at least 4 members (excludes halogenated alkanes) is 26. The Morgan fingerprint density at radius 3 is 1.34 bits per heavy atom. The molecule has 3 atom stereocenters. The summed E-state index contributed by atoms with van der Waals surface area (Å²) in [6.07, 6.45) is 61.0. The van der Waals surface area contributed by atoms with Gasteiger partial charge >= 0.3 is 0 Å². The van der Waals surface area contributed by atoms with Crippen LogP contribution in [0.15, 0.2) is 65.7 Å². The van der Waals surface area contributed by atoms with Crippen molar-refractivity contribution in [3.8, 4) is 0 Å². The summed E-state index contributed by atoms with van der Waals surface area (Å²) in [6.45, 7) is 29.5. The lowest BCUT2D eigenvalue weighted by Gasteiger charge is -2.24. The van der Waals surface area contributed by atoms with Crippen molar-refractivity contribution in [3.05, 3.63) is 60.7 Å². The third-order valence-corrected chi connectivity index (χ3v) is 14.5. The molecule has 2 heteroatoms. The predicted octanol–water partition coefficient (Wildman–Crippen LogP) is 21.4. The Morgan fingerprint density at radius 2 is 0.923 bits per heavy atom. The fourth-order valence-electron chi connectivity index (χ4n) is 10.1. The molecule has 1 aliphatic rings. The van der Waals surface area contributed by atoms with Gasteiger partial charge in [0.05, 0.1) is 0 Å². The number of nitrogens with zero attached hydrogens (tertiary/aromatic N) is 2. The van der Waals surface area contributed by atoms with Gasteiger partial charge < -0.3 is 4.90 Å². The van der Waals surface area contributed by atoms with Crippen LogP contribution in [-0.4, -0.2) is 30.2 Å². The van der Waals surface area contributed by atoms with Crippen molar-refractivity contribution in [3.63, 3.8) is 0 Å². The van der Waals surface area contributed by atoms with Crippen LogP contribution in [0.4, 0.5) is 0 Å². The molecule has 0 aliphatic carbocycles. The van der Waals surface area contributed by atoms with Crippen molar-refractivity contribution in [2.24, 2.45) is 22.7 Å². The fourth-order valence-corrected chi connectivity index (χ4v) is 10.1. The van der Waals surface area contributed by atoms with Crippen molar-refractivity contribution in [2.75, 3.05) is 19.6 Å². The van der Waals surface area contributed by atoms with Gasteiger partial charge in [-0.05, 0) is 126 Å². The molecule has 0 bridgehead atoms. The molecule has 378 valence electrons. The van der Waals surface area contributed by atoms with Crippen molar-refractivity contribution < 1.29 is 0 Å². The first-order valence-corrected chi connectivity index (χ1v) is 29.3. The number of aliphatic imine (C=N–C) groups is 1. The van der Waals surface area contributed by atoms with Gasteiger partial charge in [0.25, 0.3) is 0 Å². The molecule has 0 aromatic heterocycles. The van der Waals surface area contributed by atoms with E-state index in [2.05, 4.69) is 88.7 Å². The molecule has 0 fully saturated rings. The summed E-state index contributed by atoms with van der Waals surface area (Å²) in [6, 6.07) is 0. The van der Waals surface area contributed by atoms with E-state index in [-0.39, 0.29) is 0 Å². The van der Waals surface area contributed by atoms with Crippen molar-refractivity contribution >= 4 is 5.71 Å². The topological polar surface area (TPSA) is 15.6 Å². The minimum absolute atomic E-state index is 0.646. The van der Waals surface area contributed by atoms with E-state index in [4.69, 9.17) is 0 Å². The number of allylic oxidation sites excluding steroid dienone is 4. The second-order valence-electron chi connectivity index (χ2n) is 20.5. The monoisotopic (exact) mass is 901 g/mol. The molecular formula is C63H116N2. The molecule has 0 aromatic carbocycles. The Kier molecular flexibility index (Phi) is 48.6. The molecule has 1 rings (SSSR count). The molecule has 2 unspecified atom stereocenters. The quantitative estimate of drug-likeness (QED) is 0.0338. The van der Waals surface area contributed by atoms with Crippen LogP contribution in [0.3, 0.4) is 0 Å². The van der Waals surface area contributed by atoms with Crippen LogP contribution in [-0.2, 0) is 0 Å². The van der Waals surface area contributed by atoms with E-state index in [9.17, 15) is 0 Å². The van der Waals surface area contributed by atoms with E-state index in [1.54, 1.807) is 5.57 Å². The highest BCUT2D eigenvalue weighted by Crippen LogP contribution is 2.29. The lowest BCUT2D eigenvalue weighted by atomic mass is 9.85. The number of hydrogen-bond acceptors (Lipinski definition) is 2. The maximum atomic E-state index is 4.44. The highest BCUT2D eigenvalue weighted by molar-refractivity contribution is 5.83. The van der Waals surface area contributed by atoms with Crippen LogP contribution in [0.5, 0.6) is 0 Å². The minimum Gasteiger partial charge on any atom is -0.303 e. The first-order valence-electron chi connectivity index (χ1n) is 29.3. The first-order chi connectivity index (χ1) is 31.9. The second kappa shape index (κ2) is 50.0. The molecule has 0 saturated heterocycles. The molecule has 2 nitrogen and oxygen atoms in total. The normalized spacial score (nSPS) is 14.3. The van der Waals surface area contributed by atoms with Gasteiger partial charge in [0.15, 0.2) is 0 Å². The molecule has 0 spiro atoms. The SMILES string of the molecule is C=C=C(C=C)C(CCCCCC)CCCCCCCC.C=C=C(CCCCCCCCCN(CCCCCCC)CCC[C@@H]1C=CN=C(C)C1)C(CCCCCC)CCCCCCCC. The lowest BCUT2D eigenvalue weighted by Crippen LogP contribution is -2.27. The Balaban J connectivity index is 0.00000171. The Hall–Kier alpha value is -1.85. The van der Waals surface area contributed by atoms with E-state index in [1.165, 1.54) is 281 Å². The van der Waals surface area contributed by atoms with E-state index in [0.717, 1.165) is 12.3 Å². The second-order valence-corrected chi connectivity index (χ2v) is 20.5. The molecular weight excluding hydrogens is 785 g/mol. The summed E-state index contributed by atoms with van der Waals surface area (Å²) in [5, 5.41) is 0. The highest BCUT2D eigenvalue weighted by atomic mass is 15.1. The summed E-state index contributed by atoms with van der Waals surface area (Å²) < 4.78 is 0. The predicted molar refractivity (Wildman–Crippen MR) is 298 cm³/mol. The fraction of sp³-hybridized carbons (Fsp3) is 0.825. The van der Waals surface area contributed by atoms with Crippen LogP contribution >= 0.6 is 0 Å². The molecule has 65 heavy (non-hydrogen) atoms. The summed E-state index contributed by atoms with van der Waals surface area (Å²) in [7, 11) is 0. The smallest absolute Gasteiger partial charge is 0.0230 e. The molecule has 1 aliphatic heterocycles. The average molecular weight is 902 g/mol. The van der Waals surface area contributed by atoms with Crippen LogP contribution in [0.2, 0.25) is 0 Å². The van der Waals surface area contributed by atoms with Crippen molar-refractivity contribution in [1.82, 2.24) is 4.90 Å². The van der Waals surface area contributed by atoms with Gasteiger partial charge in [0, 0.05) is 11.9 Å². The van der Waals surface area contributed by atoms with Gasteiger partial charge in [-0.15, -0.1) is 11.5 Å². The summed E-state index contributed by atoms with van der Waals surface area (Å²) in [4.78, 5) is 7.24. The van der Waals surface area contributed by atoms with Crippen LogP contribution < -0.4 is 0 Å². The molecule has 0 amide bonds. The molecule has 0 radical (unpaired) electrons. The largest absolute Gasteiger partial charge is 0.303 e. The maximum absolute atomic E-state index is 4.44. The van der Waals surface area contributed by atoms with Gasteiger partial charge in [-0.2, -0.15) is 0 Å². The molecule has 0 N–H and O–H groups in total. The Bertz CT molecular complexity index is 1190. The zero-order chi connectivity index (χ0) is 47.7. The van der Waals surface area contributed by atoms with E-state index >= 15 is 0 Å². The van der Waals surface area contributed by atoms with Gasteiger partial charge in [-0.3, -0.25) is 4.99 Å². The summed E-state index contributed by atoms with van der Waals surface area (Å²) in [5.74, 6) is 2.11. The molecule has 0 aromatic rings. The third kappa shape index (κ3) is 39.8. The van der Waals surface area contributed by atoms with Crippen LogP contribution in [0.25, 0.3) is 0 Å². The van der Waals surface area contributed by atoms with E-state index in [0.29, 0.717) is 11.8 Å². The van der Waals surface area contributed by atoms with E-state index < -0.39 is 0 Å². The number of hydrogen-bond donors (Lipinski definition) is 0. The Labute approximate surface area is 410 Å². The van der Waals surface area contributed by atoms with Crippen molar-refractivity contribution in [1.29, 1.82) is 0 Å². The van der Waals surface area contributed by atoms with Gasteiger partial charge in [-0.1, -0.05) is 253 Å². The average Bonchev–Trinajstić information content (AvgIpc) is 3.31. The third-order valence-electron chi connectivity index (χ3n) is 14.5. The first kappa shape index (κ1) is 63.1. The maximum Gasteiger partial charge on any atom is 0.0230 e. The summed E-state index contributed by atoms with van der Waals surface area (Å²) >= 11 is 0. The zero-order valence-corrected chi connectivity index (χ0v) is 45.4. The minimum atomic E-state index is 0.646. The van der Waals surface area contributed by atoms with Gasteiger partial charge in [0.1, 0.15) is 0 Å². The standard InChI is InChI=1S/C43H80N2.C20H36/c1-6-10-13-16-20-26-33-43(32-24-15-12-8-3)42(9-4)31-25-21-18-17-19-23-28-37-45(36-27-22-14-11-7-2)38-29-30-41-34-35-44-40(5)39-41;1-5-9-11-13-14-16-18-20(19(7-3)8-4)17-15-12-10-6-2/h34-35,41,43H,4,6-8,10-33,36-39H2,1-3,5H3;7,20H,3-6,9-18H2,1-2H3/t41-,43?;/m1./s1. The van der Waals surface area contributed by atoms with Crippen LogP contribution in [0, 0.1) is 17.8 Å². The lowest BCUT2D eigenvalue weighted by molar-refractivity contribution is 0.251. The van der Waals surface area contributed by atoms with Crippen molar-refractivity contribution in [2.45, 2.75) is 298 Å². The molecule has 1 heterocycles. The summed E-state index contributed by atoms with van der Waals surface area (Å²) in [5.41, 5.74) is 10.7. The highest BCUT2D eigenvalue weighted by Gasteiger charge is 2.15. The van der Waals surface area contributed by atoms with Crippen LogP contribution in [0.1, 0.15) is 298 Å².